The minimum Gasteiger partial charge on any atom is -0.236 e. The molecular formula is C14H13Br2ClN2S. The summed E-state index contributed by atoms with van der Waals surface area (Å²) in [5.74, 6) is 1.49. The van der Waals surface area contributed by atoms with Gasteiger partial charge >= 0.3 is 0 Å². The van der Waals surface area contributed by atoms with Crippen molar-refractivity contribution in [3.05, 3.63) is 49.9 Å². The van der Waals surface area contributed by atoms with E-state index in [0.717, 1.165) is 33.3 Å². The maximum absolute atomic E-state index is 6.14. The molecule has 0 fully saturated rings. The molecule has 0 aliphatic rings. The monoisotopic (exact) mass is 434 g/mol. The molecule has 20 heavy (non-hydrogen) atoms. The molecule has 0 unspecified atom stereocenters. The van der Waals surface area contributed by atoms with Crippen molar-refractivity contribution in [3.63, 3.8) is 0 Å². The second-order valence-corrected chi connectivity index (χ2v) is 7.30. The van der Waals surface area contributed by atoms with Crippen LogP contribution in [0.2, 0.25) is 5.15 Å². The summed E-state index contributed by atoms with van der Waals surface area (Å²) in [6, 6.07) is 8.20. The third-order valence-electron chi connectivity index (χ3n) is 2.59. The zero-order valence-corrected chi connectivity index (χ0v) is 15.6. The lowest BCUT2D eigenvalue weighted by atomic mass is 10.2. The van der Waals surface area contributed by atoms with Crippen LogP contribution < -0.4 is 0 Å². The predicted molar refractivity (Wildman–Crippen MR) is 92.4 cm³/mol. The van der Waals surface area contributed by atoms with E-state index in [4.69, 9.17) is 11.6 Å². The Bertz CT molecular complexity index is 590. The molecular weight excluding hydrogens is 423 g/mol. The van der Waals surface area contributed by atoms with Crippen molar-refractivity contribution >= 4 is 55.2 Å². The van der Waals surface area contributed by atoms with E-state index >= 15 is 0 Å². The van der Waals surface area contributed by atoms with Crippen molar-refractivity contribution in [1.29, 1.82) is 0 Å². The fourth-order valence-corrected chi connectivity index (χ4v) is 3.26. The van der Waals surface area contributed by atoms with E-state index in [2.05, 4.69) is 60.9 Å². The first-order valence-corrected chi connectivity index (χ1v) is 9.14. The fourth-order valence-electron chi connectivity index (χ4n) is 1.66. The number of hydrogen-bond donors (Lipinski definition) is 0. The lowest BCUT2D eigenvalue weighted by Crippen LogP contribution is -2.00. The highest BCUT2D eigenvalue weighted by Gasteiger charge is 2.10. The molecule has 106 valence electrons. The standard InChI is InChI=1S/C14H13Br2ClN2S/c1-2-3-11-13(16)14(17)19-12(18-11)8-20-10-6-4-9(15)5-7-10/h4-7H,2-3,8H2,1H3. The van der Waals surface area contributed by atoms with Gasteiger partial charge in [-0.3, -0.25) is 0 Å². The first kappa shape index (κ1) is 16.3. The number of thioether (sulfide) groups is 1. The van der Waals surface area contributed by atoms with Gasteiger partial charge in [0.15, 0.2) is 0 Å². The number of hydrogen-bond acceptors (Lipinski definition) is 3. The van der Waals surface area contributed by atoms with Crippen molar-refractivity contribution in [3.8, 4) is 0 Å². The summed E-state index contributed by atoms with van der Waals surface area (Å²) < 4.78 is 1.90. The van der Waals surface area contributed by atoms with Crippen molar-refractivity contribution in [2.24, 2.45) is 0 Å². The highest BCUT2D eigenvalue weighted by atomic mass is 79.9. The highest BCUT2D eigenvalue weighted by molar-refractivity contribution is 9.10. The summed E-state index contributed by atoms with van der Waals surface area (Å²) in [6.45, 7) is 2.12. The molecule has 0 saturated carbocycles. The first-order chi connectivity index (χ1) is 9.60. The number of rotatable bonds is 5. The molecule has 0 atom stereocenters. The van der Waals surface area contributed by atoms with Crippen LogP contribution in [0.15, 0.2) is 38.1 Å². The number of benzene rings is 1. The molecule has 1 heterocycles. The van der Waals surface area contributed by atoms with Crippen LogP contribution in [0.25, 0.3) is 0 Å². The Hall–Kier alpha value is -0.100. The molecule has 0 bridgehead atoms. The van der Waals surface area contributed by atoms with Crippen LogP contribution in [-0.4, -0.2) is 9.97 Å². The van der Waals surface area contributed by atoms with Gasteiger partial charge in [-0.2, -0.15) is 0 Å². The van der Waals surface area contributed by atoms with E-state index < -0.39 is 0 Å². The topological polar surface area (TPSA) is 25.8 Å². The lowest BCUT2D eigenvalue weighted by Gasteiger charge is -2.07. The molecule has 2 nitrogen and oxygen atoms in total. The van der Waals surface area contributed by atoms with E-state index in [1.54, 1.807) is 11.8 Å². The van der Waals surface area contributed by atoms with Gasteiger partial charge in [0.05, 0.1) is 15.9 Å². The average molecular weight is 437 g/mol. The summed E-state index contributed by atoms with van der Waals surface area (Å²) in [6.07, 6.45) is 1.93. The molecule has 2 aromatic rings. The van der Waals surface area contributed by atoms with E-state index in [0.29, 0.717) is 10.9 Å². The lowest BCUT2D eigenvalue weighted by molar-refractivity contribution is 0.845. The first-order valence-electron chi connectivity index (χ1n) is 6.19. The molecule has 0 aliphatic carbocycles. The molecule has 6 heteroatoms. The normalized spacial score (nSPS) is 10.8. The van der Waals surface area contributed by atoms with Crippen LogP contribution in [0.4, 0.5) is 0 Å². The third-order valence-corrected chi connectivity index (χ3v) is 5.47. The molecule has 0 amide bonds. The van der Waals surface area contributed by atoms with Crippen molar-refractivity contribution in [2.75, 3.05) is 0 Å². The molecule has 0 aliphatic heterocycles. The van der Waals surface area contributed by atoms with Gasteiger partial charge in [0.2, 0.25) is 0 Å². The minimum atomic E-state index is 0.495. The van der Waals surface area contributed by atoms with Crippen molar-refractivity contribution < 1.29 is 0 Å². The van der Waals surface area contributed by atoms with E-state index in [1.807, 2.05) is 12.1 Å². The van der Waals surface area contributed by atoms with Crippen LogP contribution in [0.1, 0.15) is 24.9 Å². The van der Waals surface area contributed by atoms with E-state index in [1.165, 1.54) is 4.90 Å². The summed E-state index contributed by atoms with van der Waals surface area (Å²) in [5.41, 5.74) is 0.985. The second kappa shape index (κ2) is 7.78. The Morgan fingerprint density at radius 1 is 1.15 bits per heavy atom. The van der Waals surface area contributed by atoms with Crippen molar-refractivity contribution in [1.82, 2.24) is 9.97 Å². The molecule has 1 aromatic heterocycles. The van der Waals surface area contributed by atoms with E-state index in [-0.39, 0.29) is 0 Å². The van der Waals surface area contributed by atoms with Gasteiger partial charge in [-0.15, -0.1) is 11.8 Å². The summed E-state index contributed by atoms with van der Waals surface area (Å²) in [4.78, 5) is 10.1. The summed E-state index contributed by atoms with van der Waals surface area (Å²) in [7, 11) is 0. The van der Waals surface area contributed by atoms with Gasteiger partial charge in [0, 0.05) is 9.37 Å². The fraction of sp³-hybridized carbons (Fsp3) is 0.286. The van der Waals surface area contributed by atoms with Gasteiger partial charge in [0.25, 0.3) is 0 Å². The maximum Gasteiger partial charge on any atom is 0.147 e. The maximum atomic E-state index is 6.14. The average Bonchev–Trinajstić information content (AvgIpc) is 2.44. The van der Waals surface area contributed by atoms with Crippen LogP contribution in [0.5, 0.6) is 0 Å². The van der Waals surface area contributed by atoms with Gasteiger partial charge < -0.3 is 0 Å². The van der Waals surface area contributed by atoms with Crippen LogP contribution in [-0.2, 0) is 12.2 Å². The van der Waals surface area contributed by atoms with E-state index in [9.17, 15) is 0 Å². The molecule has 0 radical (unpaired) electrons. The number of aromatic nitrogens is 2. The smallest absolute Gasteiger partial charge is 0.147 e. The predicted octanol–water partition coefficient (Wildman–Crippen LogP) is 5.90. The van der Waals surface area contributed by atoms with Crippen LogP contribution >= 0.6 is 55.2 Å². The van der Waals surface area contributed by atoms with Gasteiger partial charge in [-0.05, 0) is 46.6 Å². The summed E-state index contributed by atoms with van der Waals surface area (Å²) in [5, 5.41) is 0.495. The number of aryl methyl sites for hydroxylation is 1. The van der Waals surface area contributed by atoms with Gasteiger partial charge in [0.1, 0.15) is 11.0 Å². The van der Waals surface area contributed by atoms with Gasteiger partial charge in [-0.25, -0.2) is 9.97 Å². The molecule has 0 spiro atoms. The van der Waals surface area contributed by atoms with Crippen molar-refractivity contribution in [2.45, 2.75) is 30.4 Å². The molecule has 2 rings (SSSR count). The minimum absolute atomic E-state index is 0.495. The SMILES string of the molecule is CCCc1nc(CSc2ccc(Br)cc2)nc(Cl)c1Br. The summed E-state index contributed by atoms with van der Waals surface area (Å²) >= 11 is 14.7. The van der Waals surface area contributed by atoms with Crippen LogP contribution in [0.3, 0.4) is 0 Å². The Morgan fingerprint density at radius 3 is 2.50 bits per heavy atom. The Kier molecular flexibility index (Phi) is 6.33. The largest absolute Gasteiger partial charge is 0.236 e. The zero-order chi connectivity index (χ0) is 14.5. The zero-order valence-electron chi connectivity index (χ0n) is 10.9. The molecule has 0 N–H and O–H groups in total. The number of nitrogens with zero attached hydrogens (tertiary/aromatic N) is 2. The highest BCUT2D eigenvalue weighted by Crippen LogP contribution is 2.27. The second-order valence-electron chi connectivity index (χ2n) is 4.18. The Morgan fingerprint density at radius 2 is 1.85 bits per heavy atom. The molecule has 0 saturated heterocycles. The van der Waals surface area contributed by atoms with Crippen LogP contribution in [0, 0.1) is 0 Å². The molecule has 1 aromatic carbocycles. The Balaban J connectivity index is 2.11. The number of halogens is 3. The third kappa shape index (κ3) is 4.45. The quantitative estimate of drug-likeness (QED) is 0.431. The Labute approximate surface area is 145 Å². The van der Waals surface area contributed by atoms with Gasteiger partial charge in [-0.1, -0.05) is 40.9 Å².